The van der Waals surface area contributed by atoms with E-state index in [4.69, 9.17) is 4.74 Å². The van der Waals surface area contributed by atoms with Crippen LogP contribution in [0.3, 0.4) is 0 Å². The van der Waals surface area contributed by atoms with E-state index in [0.29, 0.717) is 0 Å². The molecule has 0 heterocycles. The van der Waals surface area contributed by atoms with Gasteiger partial charge in [-0.1, -0.05) is 30.3 Å². The minimum Gasteiger partial charge on any atom is -0.369 e. The second-order valence-corrected chi connectivity index (χ2v) is 2.20. The Hall–Kier alpha value is -1.15. The lowest BCUT2D eigenvalue weighted by molar-refractivity contribution is -0.116. The summed E-state index contributed by atoms with van der Waals surface area (Å²) in [4.78, 5) is 10.4. The second-order valence-electron chi connectivity index (χ2n) is 2.20. The SMILES string of the molecule is CO[C@H](C=O)c1ccccc1. The molecule has 0 aliphatic carbocycles. The highest BCUT2D eigenvalue weighted by Gasteiger charge is 2.05. The van der Waals surface area contributed by atoms with Crippen molar-refractivity contribution in [3.8, 4) is 0 Å². The lowest BCUT2D eigenvalue weighted by Gasteiger charge is -2.06. The Kier molecular flexibility index (Phi) is 2.81. The topological polar surface area (TPSA) is 26.3 Å². The van der Waals surface area contributed by atoms with Crippen molar-refractivity contribution in [2.24, 2.45) is 0 Å². The maximum absolute atomic E-state index is 10.4. The average Bonchev–Trinajstić information content (AvgIpc) is 2.09. The number of carbonyl (C=O) groups is 1. The van der Waals surface area contributed by atoms with Crippen molar-refractivity contribution in [2.75, 3.05) is 7.11 Å². The predicted molar refractivity (Wildman–Crippen MR) is 42.3 cm³/mol. The van der Waals surface area contributed by atoms with Crippen molar-refractivity contribution >= 4 is 6.29 Å². The van der Waals surface area contributed by atoms with Gasteiger partial charge in [0.25, 0.3) is 0 Å². The lowest BCUT2D eigenvalue weighted by Crippen LogP contribution is -2.01. The molecular weight excluding hydrogens is 140 g/mol. The summed E-state index contributed by atoms with van der Waals surface area (Å²) >= 11 is 0. The number of methoxy groups -OCH3 is 1. The summed E-state index contributed by atoms with van der Waals surface area (Å²) in [6.07, 6.45) is 0.367. The number of carbonyl (C=O) groups excluding carboxylic acids is 1. The third-order valence-corrected chi connectivity index (χ3v) is 1.51. The maximum atomic E-state index is 10.4. The van der Waals surface area contributed by atoms with Crippen molar-refractivity contribution in [1.82, 2.24) is 0 Å². The molecule has 0 spiro atoms. The van der Waals surface area contributed by atoms with E-state index in [2.05, 4.69) is 0 Å². The van der Waals surface area contributed by atoms with Crippen LogP contribution in [0.25, 0.3) is 0 Å². The lowest BCUT2D eigenvalue weighted by atomic mass is 10.1. The number of aldehydes is 1. The molecule has 1 rings (SSSR count). The smallest absolute Gasteiger partial charge is 0.153 e. The monoisotopic (exact) mass is 150 g/mol. The van der Waals surface area contributed by atoms with Crippen LogP contribution in [-0.2, 0) is 9.53 Å². The summed E-state index contributed by atoms with van der Waals surface area (Å²) in [5.41, 5.74) is 0.894. The van der Waals surface area contributed by atoms with Crippen LogP contribution >= 0.6 is 0 Å². The summed E-state index contributed by atoms with van der Waals surface area (Å²) in [7, 11) is 1.52. The molecule has 2 nitrogen and oxygen atoms in total. The molecule has 0 unspecified atom stereocenters. The molecule has 1 aromatic carbocycles. The first-order chi connectivity index (χ1) is 5.38. The predicted octanol–water partition coefficient (Wildman–Crippen LogP) is 1.57. The van der Waals surface area contributed by atoms with Crippen LogP contribution in [0.5, 0.6) is 0 Å². The second kappa shape index (κ2) is 3.88. The van der Waals surface area contributed by atoms with E-state index < -0.39 is 6.10 Å². The van der Waals surface area contributed by atoms with Gasteiger partial charge in [-0.2, -0.15) is 0 Å². The molecule has 11 heavy (non-hydrogen) atoms. The number of benzene rings is 1. The third-order valence-electron chi connectivity index (χ3n) is 1.51. The molecule has 0 aliphatic heterocycles. The Bertz CT molecular complexity index is 218. The normalized spacial score (nSPS) is 12.5. The number of hydrogen-bond acceptors (Lipinski definition) is 2. The van der Waals surface area contributed by atoms with Crippen LogP contribution in [0.4, 0.5) is 0 Å². The van der Waals surface area contributed by atoms with Crippen molar-refractivity contribution in [2.45, 2.75) is 6.10 Å². The summed E-state index contributed by atoms with van der Waals surface area (Å²) in [6.45, 7) is 0. The van der Waals surface area contributed by atoms with Gasteiger partial charge < -0.3 is 9.53 Å². The first kappa shape index (κ1) is 7.95. The average molecular weight is 150 g/mol. The molecule has 0 N–H and O–H groups in total. The minimum absolute atomic E-state index is 0.420. The first-order valence-corrected chi connectivity index (χ1v) is 3.41. The number of ether oxygens (including phenoxy) is 1. The Morgan fingerprint density at radius 1 is 1.36 bits per heavy atom. The zero-order chi connectivity index (χ0) is 8.10. The van der Waals surface area contributed by atoms with Gasteiger partial charge in [-0.3, -0.25) is 0 Å². The van der Waals surface area contributed by atoms with E-state index in [1.54, 1.807) is 0 Å². The minimum atomic E-state index is -0.420. The zero-order valence-electron chi connectivity index (χ0n) is 6.36. The van der Waals surface area contributed by atoms with E-state index in [9.17, 15) is 4.79 Å². The van der Waals surface area contributed by atoms with Crippen LogP contribution in [-0.4, -0.2) is 13.4 Å². The van der Waals surface area contributed by atoms with Gasteiger partial charge in [0.05, 0.1) is 0 Å². The molecule has 0 fully saturated rings. The number of hydrogen-bond donors (Lipinski definition) is 0. The molecule has 0 saturated heterocycles. The summed E-state index contributed by atoms with van der Waals surface area (Å²) in [5, 5.41) is 0. The molecular formula is C9H10O2. The van der Waals surface area contributed by atoms with E-state index in [1.165, 1.54) is 7.11 Å². The van der Waals surface area contributed by atoms with Crippen LogP contribution in [0.2, 0.25) is 0 Å². The molecule has 0 aromatic heterocycles. The highest BCUT2D eigenvalue weighted by molar-refractivity contribution is 5.59. The molecule has 58 valence electrons. The molecule has 0 amide bonds. The fourth-order valence-electron chi connectivity index (χ4n) is 0.913. The van der Waals surface area contributed by atoms with Gasteiger partial charge in [-0.05, 0) is 5.56 Å². The maximum Gasteiger partial charge on any atom is 0.153 e. The van der Waals surface area contributed by atoms with E-state index in [1.807, 2.05) is 30.3 Å². The Balaban J connectivity index is 2.82. The summed E-state index contributed by atoms with van der Waals surface area (Å²) in [6, 6.07) is 9.39. The number of rotatable bonds is 3. The van der Waals surface area contributed by atoms with Crippen LogP contribution < -0.4 is 0 Å². The standard InChI is InChI=1S/C9H10O2/c1-11-9(7-10)8-5-3-2-4-6-8/h2-7,9H,1H3/t9-/m1/s1. The fraction of sp³-hybridized carbons (Fsp3) is 0.222. The molecule has 0 saturated carbocycles. The van der Waals surface area contributed by atoms with Gasteiger partial charge in [-0.25, -0.2) is 0 Å². The Morgan fingerprint density at radius 3 is 2.45 bits per heavy atom. The molecule has 1 atom stereocenters. The molecule has 0 radical (unpaired) electrons. The quantitative estimate of drug-likeness (QED) is 0.611. The summed E-state index contributed by atoms with van der Waals surface area (Å²) in [5.74, 6) is 0. The van der Waals surface area contributed by atoms with Gasteiger partial charge >= 0.3 is 0 Å². The van der Waals surface area contributed by atoms with Crippen LogP contribution in [0.15, 0.2) is 30.3 Å². The molecule has 1 aromatic rings. The molecule has 2 heteroatoms. The van der Waals surface area contributed by atoms with Gasteiger partial charge in [0.2, 0.25) is 0 Å². The van der Waals surface area contributed by atoms with E-state index >= 15 is 0 Å². The van der Waals surface area contributed by atoms with Crippen LogP contribution in [0, 0.1) is 0 Å². The molecule has 0 aliphatic rings. The van der Waals surface area contributed by atoms with Gasteiger partial charge in [0, 0.05) is 7.11 Å². The van der Waals surface area contributed by atoms with Gasteiger partial charge in [0.15, 0.2) is 6.29 Å². The van der Waals surface area contributed by atoms with Crippen LogP contribution in [0.1, 0.15) is 11.7 Å². The first-order valence-electron chi connectivity index (χ1n) is 3.41. The Labute approximate surface area is 65.8 Å². The highest BCUT2D eigenvalue weighted by Crippen LogP contribution is 2.12. The fourth-order valence-corrected chi connectivity index (χ4v) is 0.913. The zero-order valence-corrected chi connectivity index (χ0v) is 6.36. The van der Waals surface area contributed by atoms with E-state index in [-0.39, 0.29) is 0 Å². The third kappa shape index (κ3) is 1.88. The van der Waals surface area contributed by atoms with Gasteiger partial charge in [0.1, 0.15) is 6.10 Å². The van der Waals surface area contributed by atoms with E-state index in [0.717, 1.165) is 11.8 Å². The van der Waals surface area contributed by atoms with Crippen molar-refractivity contribution < 1.29 is 9.53 Å². The van der Waals surface area contributed by atoms with Crippen molar-refractivity contribution in [3.05, 3.63) is 35.9 Å². The Morgan fingerprint density at radius 2 is 2.00 bits per heavy atom. The highest BCUT2D eigenvalue weighted by atomic mass is 16.5. The molecule has 0 bridgehead atoms. The van der Waals surface area contributed by atoms with Crippen molar-refractivity contribution in [1.29, 1.82) is 0 Å². The summed E-state index contributed by atoms with van der Waals surface area (Å²) < 4.78 is 4.92. The van der Waals surface area contributed by atoms with Crippen molar-refractivity contribution in [3.63, 3.8) is 0 Å². The largest absolute Gasteiger partial charge is 0.369 e. The van der Waals surface area contributed by atoms with Gasteiger partial charge in [-0.15, -0.1) is 0 Å².